The van der Waals surface area contributed by atoms with E-state index in [1.807, 2.05) is 0 Å². The maximum absolute atomic E-state index is 12.8. The molecule has 3 aromatic rings. The van der Waals surface area contributed by atoms with Crippen molar-refractivity contribution in [1.29, 1.82) is 0 Å². The van der Waals surface area contributed by atoms with Gasteiger partial charge in [-0.05, 0) is 42.8 Å². The van der Waals surface area contributed by atoms with Crippen molar-refractivity contribution < 1.29 is 26.6 Å². The number of nitrogens with zero attached hydrogens (tertiary/aromatic N) is 1. The average molecular weight is 491 g/mol. The minimum atomic E-state index is -4.26. The lowest BCUT2D eigenvalue weighted by atomic mass is 10.1. The number of nitro benzene ring substituents is 1. The number of rotatable bonds is 7. The molecule has 11 nitrogen and oxygen atoms in total. The minimum absolute atomic E-state index is 0.0655. The summed E-state index contributed by atoms with van der Waals surface area (Å²) in [5, 5.41) is 18.6. The monoisotopic (exact) mass is 490 g/mol. The number of nitrogens with one attached hydrogen (secondary N) is 2. The maximum atomic E-state index is 12.8. The van der Waals surface area contributed by atoms with Crippen molar-refractivity contribution in [3.63, 3.8) is 0 Å². The molecule has 0 fully saturated rings. The second kappa shape index (κ2) is 8.97. The quantitative estimate of drug-likeness (QED) is 0.336. The number of non-ortho nitro benzene ring substituents is 1. The first-order valence-electron chi connectivity index (χ1n) is 9.19. The van der Waals surface area contributed by atoms with E-state index in [9.17, 15) is 31.7 Å². The summed E-state index contributed by atoms with van der Waals surface area (Å²) >= 11 is 0. The number of para-hydroxylation sites is 1. The third-order valence-corrected chi connectivity index (χ3v) is 6.92. The number of aryl methyl sites for hydroxylation is 1. The summed E-state index contributed by atoms with van der Waals surface area (Å²) in [6.45, 7) is 1.54. The Balaban J connectivity index is 1.92. The number of nitro groups is 1. The van der Waals surface area contributed by atoms with E-state index in [1.54, 1.807) is 6.92 Å². The summed E-state index contributed by atoms with van der Waals surface area (Å²) in [5.41, 5.74) is -0.0370. The zero-order chi connectivity index (χ0) is 24.4. The van der Waals surface area contributed by atoms with Crippen molar-refractivity contribution in [2.45, 2.75) is 16.7 Å². The Morgan fingerprint density at radius 2 is 1.67 bits per heavy atom. The molecule has 0 spiro atoms. The lowest BCUT2D eigenvalue weighted by Crippen LogP contribution is -2.19. The molecule has 0 unspecified atom stereocenters. The Morgan fingerprint density at radius 3 is 2.33 bits per heavy atom. The molecule has 0 aromatic heterocycles. The van der Waals surface area contributed by atoms with Gasteiger partial charge in [-0.15, -0.1) is 0 Å². The van der Waals surface area contributed by atoms with Gasteiger partial charge < -0.3 is 5.32 Å². The van der Waals surface area contributed by atoms with Crippen LogP contribution in [0.3, 0.4) is 0 Å². The first-order chi connectivity index (χ1) is 15.4. The van der Waals surface area contributed by atoms with E-state index in [-0.39, 0.29) is 26.7 Å². The molecule has 172 valence electrons. The first-order valence-corrected chi connectivity index (χ1v) is 12.2. The molecule has 0 heterocycles. The lowest BCUT2D eigenvalue weighted by Gasteiger charge is -2.13. The second-order valence-corrected chi connectivity index (χ2v) is 10.1. The van der Waals surface area contributed by atoms with Crippen LogP contribution >= 0.6 is 0 Å². The van der Waals surface area contributed by atoms with Crippen LogP contribution in [0.25, 0.3) is 0 Å². The molecule has 0 aliphatic heterocycles. The molecule has 0 aliphatic rings. The van der Waals surface area contributed by atoms with Crippen molar-refractivity contribution in [2.75, 3.05) is 10.0 Å². The van der Waals surface area contributed by atoms with Crippen molar-refractivity contribution in [3.8, 4) is 0 Å². The molecule has 33 heavy (non-hydrogen) atoms. The van der Waals surface area contributed by atoms with Crippen molar-refractivity contribution in [2.24, 2.45) is 5.14 Å². The molecular formula is C20H18N4O7S2. The number of primary sulfonamides is 1. The molecule has 3 aromatic carbocycles. The largest absolute Gasteiger partial charge is 0.322 e. The Labute approximate surface area is 189 Å². The number of hydrogen-bond donors (Lipinski definition) is 3. The zero-order valence-electron chi connectivity index (χ0n) is 17.0. The highest BCUT2D eigenvalue weighted by atomic mass is 32.2. The normalized spacial score (nSPS) is 11.6. The van der Waals surface area contributed by atoms with Gasteiger partial charge >= 0.3 is 0 Å². The third-order valence-electron chi connectivity index (χ3n) is 4.51. The Hall–Kier alpha value is -3.81. The number of carbonyl (C=O) groups is 1. The SMILES string of the molecule is Cc1ccc(NC(=O)c2ccccc2NS(=O)(=O)c2cccc([N+](=O)[O-])c2)cc1S(N)(=O)=O. The second-order valence-electron chi connectivity index (χ2n) is 6.88. The Kier molecular flexibility index (Phi) is 6.48. The van der Waals surface area contributed by atoms with Gasteiger partial charge in [-0.3, -0.25) is 19.6 Å². The smallest absolute Gasteiger partial charge is 0.270 e. The number of hydrogen-bond acceptors (Lipinski definition) is 7. The Morgan fingerprint density at radius 1 is 0.970 bits per heavy atom. The van der Waals surface area contributed by atoms with E-state index in [4.69, 9.17) is 5.14 Å². The highest BCUT2D eigenvalue weighted by molar-refractivity contribution is 7.92. The predicted molar refractivity (Wildman–Crippen MR) is 121 cm³/mol. The summed E-state index contributed by atoms with van der Waals surface area (Å²) in [7, 11) is -8.28. The van der Waals surface area contributed by atoms with Crippen LogP contribution in [0.4, 0.5) is 17.1 Å². The molecule has 4 N–H and O–H groups in total. The van der Waals surface area contributed by atoms with Crippen LogP contribution < -0.4 is 15.2 Å². The van der Waals surface area contributed by atoms with Crippen LogP contribution in [0.2, 0.25) is 0 Å². The van der Waals surface area contributed by atoms with E-state index < -0.39 is 36.6 Å². The van der Waals surface area contributed by atoms with E-state index in [1.165, 1.54) is 54.6 Å². The van der Waals surface area contributed by atoms with E-state index >= 15 is 0 Å². The number of nitrogens with two attached hydrogens (primary N) is 1. The van der Waals surface area contributed by atoms with Gasteiger partial charge in [0.25, 0.3) is 21.6 Å². The van der Waals surface area contributed by atoms with Crippen LogP contribution in [-0.2, 0) is 20.0 Å². The molecule has 0 aliphatic carbocycles. The van der Waals surface area contributed by atoms with E-state index in [0.29, 0.717) is 5.56 Å². The maximum Gasteiger partial charge on any atom is 0.270 e. The number of amides is 1. The average Bonchev–Trinajstić information content (AvgIpc) is 2.74. The van der Waals surface area contributed by atoms with Crippen molar-refractivity contribution in [3.05, 3.63) is 88.0 Å². The zero-order valence-corrected chi connectivity index (χ0v) is 18.7. The highest BCUT2D eigenvalue weighted by Gasteiger charge is 2.21. The predicted octanol–water partition coefficient (Wildman–Crippen LogP) is 2.60. The van der Waals surface area contributed by atoms with Crippen molar-refractivity contribution in [1.82, 2.24) is 0 Å². The fraction of sp³-hybridized carbons (Fsp3) is 0.0500. The first kappa shape index (κ1) is 23.8. The fourth-order valence-electron chi connectivity index (χ4n) is 2.92. The van der Waals surface area contributed by atoms with Gasteiger partial charge in [-0.2, -0.15) is 0 Å². The molecular weight excluding hydrogens is 472 g/mol. The number of sulfonamides is 2. The summed E-state index contributed by atoms with van der Waals surface area (Å²) in [6.07, 6.45) is 0. The molecule has 3 rings (SSSR count). The van der Waals surface area contributed by atoms with Crippen LogP contribution in [0, 0.1) is 17.0 Å². The summed E-state index contributed by atoms with van der Waals surface area (Å²) in [6, 6.07) is 14.3. The van der Waals surface area contributed by atoms with Crippen LogP contribution in [0.15, 0.2) is 76.5 Å². The van der Waals surface area contributed by atoms with Gasteiger partial charge in [-0.1, -0.05) is 24.3 Å². The highest BCUT2D eigenvalue weighted by Crippen LogP contribution is 2.24. The minimum Gasteiger partial charge on any atom is -0.322 e. The van der Waals surface area contributed by atoms with Gasteiger partial charge in [0.1, 0.15) is 0 Å². The van der Waals surface area contributed by atoms with Gasteiger partial charge in [0.15, 0.2) is 0 Å². The fourth-order valence-corrected chi connectivity index (χ4v) is 4.85. The van der Waals surface area contributed by atoms with E-state index in [0.717, 1.165) is 12.1 Å². The number of benzene rings is 3. The van der Waals surface area contributed by atoms with E-state index in [2.05, 4.69) is 10.0 Å². The molecule has 13 heteroatoms. The van der Waals surface area contributed by atoms with Gasteiger partial charge in [0.2, 0.25) is 10.0 Å². The molecule has 0 saturated carbocycles. The number of carbonyl (C=O) groups excluding carboxylic acids is 1. The lowest BCUT2D eigenvalue weighted by molar-refractivity contribution is -0.385. The van der Waals surface area contributed by atoms with Crippen molar-refractivity contribution >= 4 is 43.0 Å². The molecule has 0 bridgehead atoms. The Bertz CT molecular complexity index is 1470. The summed E-state index contributed by atoms with van der Waals surface area (Å²) in [4.78, 5) is 22.5. The van der Waals surface area contributed by atoms with Crippen LogP contribution in [-0.4, -0.2) is 27.7 Å². The number of anilines is 2. The van der Waals surface area contributed by atoms with Gasteiger partial charge in [0, 0.05) is 17.8 Å². The topological polar surface area (TPSA) is 179 Å². The molecule has 0 atom stereocenters. The summed E-state index contributed by atoms with van der Waals surface area (Å²) < 4.78 is 51.2. The van der Waals surface area contributed by atoms with Gasteiger partial charge in [0.05, 0.1) is 26.0 Å². The standard InChI is InChI=1S/C20H18N4O7S2/c1-13-9-10-14(11-19(13)32(21,28)29)22-20(25)17-7-2-3-8-18(17)23-33(30,31)16-6-4-5-15(12-16)24(26)27/h2-12,23H,1H3,(H,22,25)(H2,21,28,29). The molecule has 0 radical (unpaired) electrons. The van der Waals surface area contributed by atoms with Crippen LogP contribution in [0.5, 0.6) is 0 Å². The molecule has 0 saturated heterocycles. The van der Waals surface area contributed by atoms with Gasteiger partial charge in [-0.25, -0.2) is 22.0 Å². The van der Waals surface area contributed by atoms with Crippen LogP contribution in [0.1, 0.15) is 15.9 Å². The molecule has 1 amide bonds. The summed E-state index contributed by atoms with van der Waals surface area (Å²) in [5.74, 6) is -0.725. The third kappa shape index (κ3) is 5.52.